The summed E-state index contributed by atoms with van der Waals surface area (Å²) >= 11 is 0. The number of nitrogens with zero attached hydrogens (tertiary/aromatic N) is 2. The van der Waals surface area contributed by atoms with Gasteiger partial charge in [-0.2, -0.15) is 0 Å². The molecule has 0 unspecified atom stereocenters. The van der Waals surface area contributed by atoms with Crippen LogP contribution in [0, 0.1) is 0 Å². The summed E-state index contributed by atoms with van der Waals surface area (Å²) in [7, 11) is 3.58. The molecule has 1 aromatic carbocycles. The van der Waals surface area contributed by atoms with E-state index in [1.807, 2.05) is 36.2 Å². The van der Waals surface area contributed by atoms with Crippen molar-refractivity contribution in [2.75, 3.05) is 19.1 Å². The Hall–Kier alpha value is -2.56. The minimum atomic E-state index is -0.967. The summed E-state index contributed by atoms with van der Waals surface area (Å²) in [6.07, 6.45) is 1.37. The lowest BCUT2D eigenvalue weighted by Gasteiger charge is -2.19. The zero-order chi connectivity index (χ0) is 14.5. The van der Waals surface area contributed by atoms with E-state index in [0.29, 0.717) is 6.54 Å². The number of rotatable bonds is 5. The fourth-order valence-corrected chi connectivity index (χ4v) is 1.83. The Kier molecular flexibility index (Phi) is 4.20. The lowest BCUT2D eigenvalue weighted by Crippen LogP contribution is -2.17. The molecule has 2 aromatic rings. The molecule has 5 nitrogen and oxygen atoms in total. The number of hydrogen-bond donors (Lipinski definition) is 1. The molecule has 0 saturated carbocycles. The third-order valence-corrected chi connectivity index (χ3v) is 2.96. The van der Waals surface area contributed by atoms with Crippen LogP contribution >= 0.6 is 0 Å². The molecule has 0 atom stereocenters. The van der Waals surface area contributed by atoms with Gasteiger partial charge in [0.25, 0.3) is 0 Å². The number of aromatic nitrogens is 1. The van der Waals surface area contributed by atoms with E-state index in [1.165, 1.54) is 6.20 Å². The maximum atomic E-state index is 10.8. The number of hydrogen-bond acceptors (Lipinski definition) is 4. The fourth-order valence-electron chi connectivity index (χ4n) is 1.83. The summed E-state index contributed by atoms with van der Waals surface area (Å²) in [5, 5.41) is 8.83. The summed E-state index contributed by atoms with van der Waals surface area (Å²) in [6, 6.07) is 11.0. The molecule has 0 amide bonds. The molecule has 1 heterocycles. The van der Waals surface area contributed by atoms with Gasteiger partial charge >= 0.3 is 5.97 Å². The highest BCUT2D eigenvalue weighted by Gasteiger charge is 2.06. The van der Waals surface area contributed by atoms with Gasteiger partial charge in [-0.05, 0) is 24.3 Å². The average molecular weight is 272 g/mol. The molecule has 0 bridgehead atoms. The van der Waals surface area contributed by atoms with Gasteiger partial charge < -0.3 is 14.7 Å². The zero-order valence-corrected chi connectivity index (χ0v) is 11.4. The Morgan fingerprint density at radius 1 is 1.35 bits per heavy atom. The van der Waals surface area contributed by atoms with E-state index >= 15 is 0 Å². The number of pyridine rings is 1. The minimum absolute atomic E-state index is 0.192. The van der Waals surface area contributed by atoms with Gasteiger partial charge in [0.05, 0.1) is 24.9 Å². The molecular formula is C15H16N2O3. The van der Waals surface area contributed by atoms with Crippen LogP contribution in [-0.4, -0.2) is 30.2 Å². The predicted octanol–water partition coefficient (Wildman–Crippen LogP) is 2.42. The summed E-state index contributed by atoms with van der Waals surface area (Å²) in [5.41, 5.74) is 2.01. The highest BCUT2D eigenvalue weighted by atomic mass is 16.5. The van der Waals surface area contributed by atoms with Gasteiger partial charge in [0.1, 0.15) is 5.75 Å². The van der Waals surface area contributed by atoms with Crippen LogP contribution in [0.5, 0.6) is 5.75 Å². The second-order valence-electron chi connectivity index (χ2n) is 4.40. The molecule has 0 spiro atoms. The molecule has 1 N–H and O–H groups in total. The second kappa shape index (κ2) is 6.06. The average Bonchev–Trinajstić information content (AvgIpc) is 2.47. The van der Waals surface area contributed by atoms with E-state index in [2.05, 4.69) is 4.98 Å². The maximum absolute atomic E-state index is 10.8. The minimum Gasteiger partial charge on any atom is -0.497 e. The van der Waals surface area contributed by atoms with E-state index in [1.54, 1.807) is 19.2 Å². The highest BCUT2D eigenvalue weighted by molar-refractivity contribution is 5.87. The standard InChI is InChI=1S/C15H16N2O3/c1-17(13-4-3-5-14(8-13)20-2)10-12-7-6-11(9-16-12)15(18)19/h3-9H,10H2,1-2H3,(H,18,19). The molecule has 104 valence electrons. The second-order valence-corrected chi connectivity index (χ2v) is 4.40. The van der Waals surface area contributed by atoms with E-state index < -0.39 is 5.97 Å². The monoisotopic (exact) mass is 272 g/mol. The maximum Gasteiger partial charge on any atom is 0.337 e. The Labute approximate surface area is 117 Å². The van der Waals surface area contributed by atoms with Crippen LogP contribution in [0.25, 0.3) is 0 Å². The summed E-state index contributed by atoms with van der Waals surface area (Å²) < 4.78 is 5.19. The molecule has 20 heavy (non-hydrogen) atoms. The molecule has 2 rings (SSSR count). The first-order valence-electron chi connectivity index (χ1n) is 6.13. The van der Waals surface area contributed by atoms with Crippen molar-refractivity contribution in [3.8, 4) is 5.75 Å². The highest BCUT2D eigenvalue weighted by Crippen LogP contribution is 2.21. The Bertz CT molecular complexity index is 596. The first-order valence-corrected chi connectivity index (χ1v) is 6.13. The van der Waals surface area contributed by atoms with Crippen LogP contribution in [-0.2, 0) is 6.54 Å². The number of carbonyl (C=O) groups is 1. The molecule has 0 aliphatic rings. The topological polar surface area (TPSA) is 62.7 Å². The smallest absolute Gasteiger partial charge is 0.337 e. The van der Waals surface area contributed by atoms with Crippen LogP contribution in [0.3, 0.4) is 0 Å². The van der Waals surface area contributed by atoms with E-state index in [0.717, 1.165) is 17.1 Å². The van der Waals surface area contributed by atoms with Gasteiger partial charge in [-0.25, -0.2) is 4.79 Å². The van der Waals surface area contributed by atoms with Gasteiger partial charge in [0.15, 0.2) is 0 Å². The Morgan fingerprint density at radius 3 is 2.75 bits per heavy atom. The first-order chi connectivity index (χ1) is 9.60. The van der Waals surface area contributed by atoms with Crippen LogP contribution in [0.15, 0.2) is 42.6 Å². The van der Waals surface area contributed by atoms with Gasteiger partial charge in [0, 0.05) is 25.0 Å². The van der Waals surface area contributed by atoms with Crippen molar-refractivity contribution in [3.63, 3.8) is 0 Å². The molecule has 0 radical (unpaired) electrons. The number of ether oxygens (including phenoxy) is 1. The number of anilines is 1. The van der Waals surface area contributed by atoms with Crippen molar-refractivity contribution in [1.29, 1.82) is 0 Å². The molecule has 0 aliphatic heterocycles. The van der Waals surface area contributed by atoms with Crippen molar-refractivity contribution in [2.45, 2.75) is 6.54 Å². The lowest BCUT2D eigenvalue weighted by molar-refractivity contribution is 0.0696. The SMILES string of the molecule is COc1cccc(N(C)Cc2ccc(C(=O)O)cn2)c1. The third kappa shape index (κ3) is 3.26. The van der Waals surface area contributed by atoms with Gasteiger partial charge in [0.2, 0.25) is 0 Å². The van der Waals surface area contributed by atoms with Crippen LogP contribution < -0.4 is 9.64 Å². The molecular weight excluding hydrogens is 256 g/mol. The van der Waals surface area contributed by atoms with Crippen molar-refractivity contribution < 1.29 is 14.6 Å². The molecule has 0 saturated heterocycles. The number of carboxylic acid groups (broad SMARTS) is 1. The van der Waals surface area contributed by atoms with Crippen molar-refractivity contribution in [1.82, 2.24) is 4.98 Å². The normalized spacial score (nSPS) is 10.1. The third-order valence-electron chi connectivity index (χ3n) is 2.96. The van der Waals surface area contributed by atoms with E-state index in [4.69, 9.17) is 9.84 Å². The predicted molar refractivity (Wildman–Crippen MR) is 76.3 cm³/mol. The Morgan fingerprint density at radius 2 is 2.15 bits per heavy atom. The van der Waals surface area contributed by atoms with Crippen molar-refractivity contribution in [2.24, 2.45) is 0 Å². The summed E-state index contributed by atoms with van der Waals surface area (Å²) in [5.74, 6) is -0.172. The largest absolute Gasteiger partial charge is 0.497 e. The molecule has 0 aliphatic carbocycles. The number of methoxy groups -OCH3 is 1. The quantitative estimate of drug-likeness (QED) is 0.905. The fraction of sp³-hybridized carbons (Fsp3) is 0.200. The zero-order valence-electron chi connectivity index (χ0n) is 11.4. The van der Waals surface area contributed by atoms with Crippen LogP contribution in [0.2, 0.25) is 0 Å². The van der Waals surface area contributed by atoms with Gasteiger partial charge in [-0.1, -0.05) is 6.07 Å². The lowest BCUT2D eigenvalue weighted by atomic mass is 10.2. The number of benzene rings is 1. The molecule has 1 aromatic heterocycles. The van der Waals surface area contributed by atoms with Crippen LogP contribution in [0.4, 0.5) is 5.69 Å². The Balaban J connectivity index is 2.10. The first kappa shape index (κ1) is 13.9. The van der Waals surface area contributed by atoms with Gasteiger partial charge in [-0.3, -0.25) is 4.98 Å². The van der Waals surface area contributed by atoms with Crippen molar-refractivity contribution in [3.05, 3.63) is 53.9 Å². The van der Waals surface area contributed by atoms with Crippen LogP contribution in [0.1, 0.15) is 16.1 Å². The number of carboxylic acids is 1. The molecule has 5 heteroatoms. The molecule has 0 fully saturated rings. The van der Waals surface area contributed by atoms with E-state index in [-0.39, 0.29) is 5.56 Å². The summed E-state index contributed by atoms with van der Waals surface area (Å²) in [6.45, 7) is 0.590. The van der Waals surface area contributed by atoms with E-state index in [9.17, 15) is 4.79 Å². The summed E-state index contributed by atoms with van der Waals surface area (Å²) in [4.78, 5) is 16.9. The number of aromatic carboxylic acids is 1. The van der Waals surface area contributed by atoms with Crippen molar-refractivity contribution >= 4 is 11.7 Å². The van der Waals surface area contributed by atoms with Gasteiger partial charge in [-0.15, -0.1) is 0 Å².